The predicted octanol–water partition coefficient (Wildman–Crippen LogP) is 2.75. The summed E-state index contributed by atoms with van der Waals surface area (Å²) in [5, 5.41) is 1.12. The van der Waals surface area contributed by atoms with Crippen LogP contribution in [0.2, 0.25) is 0 Å². The number of nitrogens with zero attached hydrogens (tertiary/aromatic N) is 1. The van der Waals surface area contributed by atoms with Crippen molar-refractivity contribution < 1.29 is 9.22 Å². The molecule has 2 aromatic rings. The highest BCUT2D eigenvalue weighted by atomic mass is 79.9. The van der Waals surface area contributed by atoms with Gasteiger partial charge < -0.3 is 4.43 Å². The lowest BCUT2D eigenvalue weighted by Gasteiger charge is -2.27. The highest BCUT2D eigenvalue weighted by Crippen LogP contribution is 2.35. The molecule has 0 aliphatic heterocycles. The monoisotopic (exact) mass is 409 g/mol. The highest BCUT2D eigenvalue weighted by Gasteiger charge is 2.29. The van der Waals surface area contributed by atoms with E-state index in [1.165, 1.54) is 0 Å². The number of hydrogen-bond donors (Lipinski definition) is 0. The van der Waals surface area contributed by atoms with Gasteiger partial charge in [0.25, 0.3) is 5.56 Å². The summed E-state index contributed by atoms with van der Waals surface area (Å²) in [5.41, 5.74) is 3.58. The Morgan fingerprint density at radius 2 is 1.92 bits per heavy atom. The van der Waals surface area contributed by atoms with Gasteiger partial charge >= 0.3 is 0 Å². The molecule has 0 fully saturated rings. The maximum atomic E-state index is 13.1. The van der Waals surface area contributed by atoms with Crippen molar-refractivity contribution in [2.24, 2.45) is 0 Å². The van der Waals surface area contributed by atoms with E-state index >= 15 is 0 Å². The van der Waals surface area contributed by atoms with E-state index < -0.39 is 0 Å². The number of carbonyl (C=O) groups excluding carboxylic acids is 1. The molecular weight excluding hydrogens is 386 g/mol. The van der Waals surface area contributed by atoms with Gasteiger partial charge in [-0.1, -0.05) is 42.8 Å². The van der Waals surface area contributed by atoms with Crippen molar-refractivity contribution in [1.82, 2.24) is 4.57 Å². The first-order chi connectivity index (χ1) is 11.1. The summed E-state index contributed by atoms with van der Waals surface area (Å²) in [5.74, 6) is -0.185. The smallest absolute Gasteiger partial charge is 0.264 e. The number of benzene rings is 1. The van der Waals surface area contributed by atoms with Crippen LogP contribution in [0.25, 0.3) is 10.9 Å². The third-order valence-corrected chi connectivity index (χ3v) is 5.14. The lowest BCUT2D eigenvalue weighted by molar-refractivity contribution is 0.101. The number of pyridine rings is 1. The molecule has 1 aromatic carbocycles. The molecule has 0 saturated heterocycles. The van der Waals surface area contributed by atoms with Gasteiger partial charge in [-0.25, -0.2) is 0 Å². The van der Waals surface area contributed by atoms with Crippen molar-refractivity contribution in [3.63, 3.8) is 0 Å². The van der Waals surface area contributed by atoms with Gasteiger partial charge in [-0.2, -0.15) is 0 Å². The summed E-state index contributed by atoms with van der Waals surface area (Å²) in [6, 6.07) is 3.97. The largest absolute Gasteiger partial charge is 0.410 e. The van der Waals surface area contributed by atoms with E-state index in [0.717, 1.165) is 27.6 Å². The third kappa shape index (κ3) is 3.14. The van der Waals surface area contributed by atoms with Crippen LogP contribution in [0.1, 0.15) is 47.8 Å². The molecule has 24 heavy (non-hydrogen) atoms. The van der Waals surface area contributed by atoms with Crippen LogP contribution in [0.4, 0.5) is 0 Å². The predicted molar refractivity (Wildman–Crippen MR) is 106 cm³/mol. The van der Waals surface area contributed by atoms with Gasteiger partial charge in [-0.05, 0) is 42.0 Å². The number of rotatable bonds is 4. The molecule has 0 bridgehead atoms. The molecule has 0 N–H and O–H groups in total. The zero-order chi connectivity index (χ0) is 18.2. The topological polar surface area (TPSA) is 48.3 Å². The first kappa shape index (κ1) is 19.1. The molecule has 0 atom stereocenters. The second-order valence-corrected chi connectivity index (χ2v) is 8.25. The summed E-state index contributed by atoms with van der Waals surface area (Å²) >= 11 is 3.23. The van der Waals surface area contributed by atoms with Crippen LogP contribution in [0.15, 0.2) is 16.9 Å². The van der Waals surface area contributed by atoms with Crippen LogP contribution in [-0.2, 0) is 16.6 Å². The molecule has 2 rings (SSSR count). The SMILES string of the molecule is Cc1ccc2c(c1C)c(C(C)(C)C)c(C(=O)CBr)c(=O)n2CO[SiH3]. The van der Waals surface area contributed by atoms with E-state index in [9.17, 15) is 9.59 Å². The van der Waals surface area contributed by atoms with E-state index in [4.69, 9.17) is 4.43 Å². The first-order valence-corrected chi connectivity index (χ1v) is 9.84. The summed E-state index contributed by atoms with van der Waals surface area (Å²) in [6.45, 7) is 10.4. The maximum Gasteiger partial charge on any atom is 0.264 e. The van der Waals surface area contributed by atoms with Gasteiger partial charge in [-0.3, -0.25) is 14.2 Å². The fraction of sp³-hybridized carbons (Fsp3) is 0.444. The van der Waals surface area contributed by atoms with Crippen LogP contribution < -0.4 is 5.56 Å². The highest BCUT2D eigenvalue weighted by molar-refractivity contribution is 9.09. The van der Waals surface area contributed by atoms with E-state index in [-0.39, 0.29) is 34.4 Å². The number of aryl methyl sites for hydroxylation is 2. The zero-order valence-electron chi connectivity index (χ0n) is 15.1. The molecule has 0 aliphatic rings. The van der Waals surface area contributed by atoms with E-state index in [1.54, 1.807) is 4.57 Å². The van der Waals surface area contributed by atoms with Crippen LogP contribution in [0, 0.1) is 13.8 Å². The van der Waals surface area contributed by atoms with Crippen LogP contribution in [0.3, 0.4) is 0 Å². The Labute approximate surface area is 153 Å². The molecular formula is C18H24BrNO3Si. The standard InChI is InChI=1S/C18H24BrNO3Si/c1-10-6-7-12-14(11(10)2)16(18(3,4)5)15(13(21)8-19)17(22)20(12)9-23-24/h6-7H,8-9H2,1-5,24H3. The van der Waals surface area contributed by atoms with Crippen LogP contribution >= 0.6 is 15.9 Å². The van der Waals surface area contributed by atoms with E-state index in [2.05, 4.69) is 15.9 Å². The quantitative estimate of drug-likeness (QED) is 0.443. The van der Waals surface area contributed by atoms with Crippen molar-refractivity contribution >= 4 is 43.1 Å². The van der Waals surface area contributed by atoms with Crippen molar-refractivity contribution in [2.45, 2.75) is 46.8 Å². The Morgan fingerprint density at radius 3 is 2.42 bits per heavy atom. The maximum absolute atomic E-state index is 13.1. The third-order valence-electron chi connectivity index (χ3n) is 4.37. The molecule has 130 valence electrons. The molecule has 0 saturated carbocycles. The first-order valence-electron chi connectivity index (χ1n) is 7.90. The van der Waals surface area contributed by atoms with E-state index in [0.29, 0.717) is 10.5 Å². The molecule has 0 unspecified atom stereocenters. The molecule has 6 heteroatoms. The second kappa shape index (κ2) is 6.94. The van der Waals surface area contributed by atoms with Crippen LogP contribution in [-0.4, -0.2) is 26.2 Å². The summed E-state index contributed by atoms with van der Waals surface area (Å²) in [4.78, 5) is 25.7. The summed E-state index contributed by atoms with van der Waals surface area (Å²) < 4.78 is 6.94. The Hall–Kier alpha value is -1.24. The lowest BCUT2D eigenvalue weighted by Crippen LogP contribution is -2.33. The number of carbonyl (C=O) groups is 1. The number of Topliss-reactive ketones (excluding diaryl/α,β-unsaturated/α-hetero) is 1. The molecule has 0 aliphatic carbocycles. The van der Waals surface area contributed by atoms with Gasteiger partial charge in [0.1, 0.15) is 17.2 Å². The van der Waals surface area contributed by atoms with Gasteiger partial charge in [0, 0.05) is 5.39 Å². The molecule has 0 amide bonds. The number of hydrogen-bond acceptors (Lipinski definition) is 3. The minimum Gasteiger partial charge on any atom is -0.410 e. The summed E-state index contributed by atoms with van der Waals surface area (Å²) in [7, 11) is 0.524. The number of ketones is 1. The number of alkyl halides is 1. The zero-order valence-corrected chi connectivity index (χ0v) is 18.7. The normalized spacial score (nSPS) is 12.1. The molecule has 1 heterocycles. The minimum atomic E-state index is -0.329. The van der Waals surface area contributed by atoms with Crippen LogP contribution in [0.5, 0.6) is 0 Å². The molecule has 0 spiro atoms. The van der Waals surface area contributed by atoms with Crippen molar-refractivity contribution in [2.75, 3.05) is 5.33 Å². The average Bonchev–Trinajstić information content (AvgIpc) is 2.51. The van der Waals surface area contributed by atoms with Crippen molar-refractivity contribution in [3.05, 3.63) is 44.7 Å². The number of fused-ring (bicyclic) bond motifs is 1. The molecule has 4 nitrogen and oxygen atoms in total. The Bertz CT molecular complexity index is 865. The fourth-order valence-electron chi connectivity index (χ4n) is 3.15. The van der Waals surface area contributed by atoms with E-state index in [1.807, 2.05) is 46.8 Å². The van der Waals surface area contributed by atoms with Crippen molar-refractivity contribution in [3.8, 4) is 0 Å². The van der Waals surface area contributed by atoms with Gasteiger partial charge in [0.15, 0.2) is 5.78 Å². The Morgan fingerprint density at radius 1 is 1.29 bits per heavy atom. The number of aromatic nitrogens is 1. The lowest BCUT2D eigenvalue weighted by atomic mass is 9.79. The average molecular weight is 410 g/mol. The number of halogens is 1. The Balaban J connectivity index is 3.19. The van der Waals surface area contributed by atoms with Gasteiger partial charge in [0.05, 0.1) is 16.4 Å². The summed E-state index contributed by atoms with van der Waals surface area (Å²) in [6.07, 6.45) is 0. The van der Waals surface area contributed by atoms with Crippen molar-refractivity contribution in [1.29, 1.82) is 0 Å². The molecule has 0 radical (unpaired) electrons. The fourth-order valence-corrected chi connectivity index (χ4v) is 3.69. The minimum absolute atomic E-state index is 0.128. The second-order valence-electron chi connectivity index (χ2n) is 7.11. The Kier molecular flexibility index (Phi) is 5.52. The van der Waals surface area contributed by atoms with Gasteiger partial charge in [0.2, 0.25) is 0 Å². The molecule has 1 aromatic heterocycles. The van der Waals surface area contributed by atoms with Gasteiger partial charge in [-0.15, -0.1) is 0 Å².